The highest BCUT2D eigenvalue weighted by molar-refractivity contribution is 5.84. The number of amides is 1. The van der Waals surface area contributed by atoms with Crippen LogP contribution < -0.4 is 5.32 Å². The Balaban J connectivity index is 4.54. The van der Waals surface area contributed by atoms with Gasteiger partial charge in [0.15, 0.2) is 0 Å². The molecule has 0 radical (unpaired) electrons. The molecular weight excluding hydrogens is 186 g/mol. The number of hydrogen-bond donors (Lipinski definition) is 2. The van der Waals surface area contributed by atoms with Gasteiger partial charge < -0.3 is 15.2 Å². The smallest absolute Gasteiger partial charge is 0.408 e. The number of hydrogen-bond acceptors (Lipinski definition) is 3. The van der Waals surface area contributed by atoms with E-state index in [-0.39, 0.29) is 12.5 Å². The molecule has 0 saturated heterocycles. The van der Waals surface area contributed by atoms with Gasteiger partial charge in [0, 0.05) is 0 Å². The Hall–Kier alpha value is -1.26. The zero-order chi connectivity index (χ0) is 11.4. The van der Waals surface area contributed by atoms with Gasteiger partial charge in [0.2, 0.25) is 0 Å². The first-order valence-corrected chi connectivity index (χ1v) is 4.53. The molecule has 0 spiro atoms. The Morgan fingerprint density at radius 2 is 2.00 bits per heavy atom. The van der Waals surface area contributed by atoms with Crippen LogP contribution in [0.2, 0.25) is 0 Å². The molecule has 0 aromatic rings. The first-order valence-electron chi connectivity index (χ1n) is 4.53. The molecule has 0 saturated carbocycles. The summed E-state index contributed by atoms with van der Waals surface area (Å²) in [7, 11) is 0. The fourth-order valence-electron chi connectivity index (χ4n) is 0.824. The average molecular weight is 203 g/mol. The molecule has 1 amide bonds. The topological polar surface area (TPSA) is 75.6 Å². The van der Waals surface area contributed by atoms with E-state index in [4.69, 9.17) is 5.11 Å². The van der Waals surface area contributed by atoms with Crippen LogP contribution >= 0.6 is 0 Å². The molecule has 0 unspecified atom stereocenters. The summed E-state index contributed by atoms with van der Waals surface area (Å²) in [6.45, 7) is 6.78. The maximum absolute atomic E-state index is 11.1. The summed E-state index contributed by atoms with van der Waals surface area (Å²) >= 11 is 0. The van der Waals surface area contributed by atoms with Crippen molar-refractivity contribution < 1.29 is 19.4 Å². The van der Waals surface area contributed by atoms with Crippen molar-refractivity contribution in [3.8, 4) is 0 Å². The minimum Gasteiger partial charge on any atom is -0.480 e. The van der Waals surface area contributed by atoms with Gasteiger partial charge in [-0.3, -0.25) is 0 Å². The molecule has 0 heterocycles. The Morgan fingerprint density at radius 1 is 1.50 bits per heavy atom. The van der Waals surface area contributed by atoms with E-state index in [9.17, 15) is 9.59 Å². The highest BCUT2D eigenvalue weighted by Crippen LogP contribution is 2.16. The van der Waals surface area contributed by atoms with Crippen molar-refractivity contribution in [3.05, 3.63) is 0 Å². The van der Waals surface area contributed by atoms with Crippen LogP contribution in [0, 0.1) is 5.92 Å². The van der Waals surface area contributed by atoms with Crippen molar-refractivity contribution in [1.82, 2.24) is 5.32 Å². The van der Waals surface area contributed by atoms with E-state index in [1.807, 2.05) is 0 Å². The Morgan fingerprint density at radius 3 is 2.29 bits per heavy atom. The second kappa shape index (κ2) is 4.83. The molecule has 0 aliphatic heterocycles. The van der Waals surface area contributed by atoms with Crippen LogP contribution in [0.4, 0.5) is 4.79 Å². The van der Waals surface area contributed by atoms with E-state index >= 15 is 0 Å². The number of ether oxygens (including phenoxy) is 1. The molecule has 0 aliphatic carbocycles. The van der Waals surface area contributed by atoms with Gasteiger partial charge in [0.1, 0.15) is 5.54 Å². The number of carbonyl (C=O) groups excluding carboxylic acids is 1. The predicted octanol–water partition coefficient (Wildman–Crippen LogP) is 1.23. The molecule has 5 heteroatoms. The lowest BCUT2D eigenvalue weighted by atomic mass is 9.89. The van der Waals surface area contributed by atoms with Crippen molar-refractivity contribution >= 4 is 12.1 Å². The van der Waals surface area contributed by atoms with E-state index in [1.165, 1.54) is 6.92 Å². The minimum absolute atomic E-state index is 0.218. The lowest BCUT2D eigenvalue weighted by Crippen LogP contribution is -2.55. The molecule has 1 atom stereocenters. The molecule has 0 aliphatic rings. The lowest BCUT2D eigenvalue weighted by molar-refractivity contribution is -0.145. The van der Waals surface area contributed by atoms with Crippen LogP contribution in [-0.2, 0) is 9.53 Å². The molecule has 0 aromatic carbocycles. The quantitative estimate of drug-likeness (QED) is 0.720. The second-order valence-electron chi connectivity index (χ2n) is 3.51. The number of rotatable bonds is 4. The summed E-state index contributed by atoms with van der Waals surface area (Å²) in [5.41, 5.74) is -1.29. The average Bonchev–Trinajstić information content (AvgIpc) is 2.03. The Bertz CT molecular complexity index is 227. The zero-order valence-electron chi connectivity index (χ0n) is 8.96. The predicted molar refractivity (Wildman–Crippen MR) is 51.0 cm³/mol. The summed E-state index contributed by atoms with van der Waals surface area (Å²) in [6.07, 6.45) is -0.703. The van der Waals surface area contributed by atoms with Crippen LogP contribution in [0.5, 0.6) is 0 Å². The molecule has 0 bridgehead atoms. The molecule has 0 fully saturated rings. The highest BCUT2D eigenvalue weighted by atomic mass is 16.5. The van der Waals surface area contributed by atoms with Crippen molar-refractivity contribution in [2.24, 2.45) is 5.92 Å². The van der Waals surface area contributed by atoms with Crippen LogP contribution in [0.1, 0.15) is 27.7 Å². The van der Waals surface area contributed by atoms with Gasteiger partial charge in [0.05, 0.1) is 6.61 Å². The Kier molecular flexibility index (Phi) is 4.40. The number of carbonyl (C=O) groups is 2. The monoisotopic (exact) mass is 203 g/mol. The minimum atomic E-state index is -1.29. The second-order valence-corrected chi connectivity index (χ2v) is 3.51. The van der Waals surface area contributed by atoms with E-state index in [0.29, 0.717) is 0 Å². The first kappa shape index (κ1) is 12.7. The molecule has 5 nitrogen and oxygen atoms in total. The molecule has 82 valence electrons. The van der Waals surface area contributed by atoms with Crippen LogP contribution in [0.25, 0.3) is 0 Å². The highest BCUT2D eigenvalue weighted by Gasteiger charge is 2.38. The fourth-order valence-corrected chi connectivity index (χ4v) is 0.824. The summed E-state index contributed by atoms with van der Waals surface area (Å²) in [4.78, 5) is 22.0. The molecule has 0 rings (SSSR count). The maximum Gasteiger partial charge on any atom is 0.408 e. The molecule has 14 heavy (non-hydrogen) atoms. The van der Waals surface area contributed by atoms with Crippen LogP contribution in [0.15, 0.2) is 0 Å². The maximum atomic E-state index is 11.1. The third-order valence-electron chi connectivity index (χ3n) is 2.24. The number of carboxylic acid groups (broad SMARTS) is 1. The summed E-state index contributed by atoms with van der Waals surface area (Å²) in [5.74, 6) is -1.29. The van der Waals surface area contributed by atoms with Gasteiger partial charge in [0.25, 0.3) is 0 Å². The summed E-state index contributed by atoms with van der Waals surface area (Å²) < 4.78 is 4.62. The van der Waals surface area contributed by atoms with E-state index in [2.05, 4.69) is 10.1 Å². The number of nitrogens with one attached hydrogen (secondary N) is 1. The third-order valence-corrected chi connectivity index (χ3v) is 2.24. The van der Waals surface area contributed by atoms with Crippen LogP contribution in [0.3, 0.4) is 0 Å². The van der Waals surface area contributed by atoms with Crippen molar-refractivity contribution in [3.63, 3.8) is 0 Å². The standard InChI is InChI=1S/C9H17NO4/c1-5-14-8(13)10-9(4,6(2)3)7(11)12/h6H,5H2,1-4H3,(H,10,13)(H,11,12)/t9-/m0/s1. The number of alkyl carbamates (subject to hydrolysis) is 1. The lowest BCUT2D eigenvalue weighted by Gasteiger charge is -2.29. The largest absolute Gasteiger partial charge is 0.480 e. The van der Waals surface area contributed by atoms with Gasteiger partial charge in [-0.15, -0.1) is 0 Å². The van der Waals surface area contributed by atoms with Crippen molar-refractivity contribution in [1.29, 1.82) is 0 Å². The summed E-state index contributed by atoms with van der Waals surface area (Å²) in [5, 5.41) is 11.3. The van der Waals surface area contributed by atoms with E-state index < -0.39 is 17.6 Å². The molecular formula is C9H17NO4. The first-order chi connectivity index (χ1) is 6.34. The van der Waals surface area contributed by atoms with Gasteiger partial charge in [-0.25, -0.2) is 9.59 Å². The van der Waals surface area contributed by atoms with Gasteiger partial charge in [-0.05, 0) is 19.8 Å². The summed E-state index contributed by atoms with van der Waals surface area (Å²) in [6, 6.07) is 0. The third kappa shape index (κ3) is 2.90. The van der Waals surface area contributed by atoms with Crippen molar-refractivity contribution in [2.45, 2.75) is 33.2 Å². The molecule has 2 N–H and O–H groups in total. The normalized spacial score (nSPS) is 14.6. The van der Waals surface area contributed by atoms with Crippen LogP contribution in [-0.4, -0.2) is 29.3 Å². The van der Waals surface area contributed by atoms with Gasteiger partial charge in [-0.2, -0.15) is 0 Å². The Labute approximate surface area is 83.4 Å². The number of aliphatic carboxylic acids is 1. The van der Waals surface area contributed by atoms with E-state index in [0.717, 1.165) is 0 Å². The SMILES string of the molecule is CCOC(=O)N[C@](C)(C(=O)O)C(C)C. The van der Waals surface area contributed by atoms with Crippen molar-refractivity contribution in [2.75, 3.05) is 6.61 Å². The van der Waals surface area contributed by atoms with Gasteiger partial charge >= 0.3 is 12.1 Å². The zero-order valence-corrected chi connectivity index (χ0v) is 8.96. The fraction of sp³-hybridized carbons (Fsp3) is 0.778. The number of carboxylic acids is 1. The van der Waals surface area contributed by atoms with Gasteiger partial charge in [-0.1, -0.05) is 13.8 Å². The molecule has 0 aromatic heterocycles. The van der Waals surface area contributed by atoms with E-state index in [1.54, 1.807) is 20.8 Å².